The van der Waals surface area contributed by atoms with Gasteiger partial charge in [-0.15, -0.1) is 0 Å². The van der Waals surface area contributed by atoms with Crippen molar-refractivity contribution in [3.8, 4) is 0 Å². The summed E-state index contributed by atoms with van der Waals surface area (Å²) in [7, 11) is 2.20. The van der Waals surface area contributed by atoms with Crippen LogP contribution in [0.15, 0.2) is 22.8 Å². The van der Waals surface area contributed by atoms with Crippen LogP contribution in [0, 0.1) is 0 Å². The van der Waals surface area contributed by atoms with Crippen molar-refractivity contribution in [2.24, 2.45) is 0 Å². The fourth-order valence-electron chi connectivity index (χ4n) is 2.34. The average Bonchev–Trinajstić information content (AvgIpc) is 2.84. The molecule has 0 saturated carbocycles. The SMILES string of the molecule is CC(Cc1ccco1)NCCN1CCN(C)CC1. The molecule has 0 aromatic carbocycles. The summed E-state index contributed by atoms with van der Waals surface area (Å²) in [6.45, 7) is 9.22. The minimum atomic E-state index is 0.476. The molecule has 1 aromatic rings. The number of furan rings is 1. The van der Waals surface area contributed by atoms with Gasteiger partial charge in [-0.2, -0.15) is 0 Å². The summed E-state index contributed by atoms with van der Waals surface area (Å²) in [6.07, 6.45) is 2.71. The molecule has 0 amide bonds. The molecule has 4 nitrogen and oxygen atoms in total. The second-order valence-corrected chi connectivity index (χ2v) is 5.28. The minimum Gasteiger partial charge on any atom is -0.469 e. The fourth-order valence-corrected chi connectivity index (χ4v) is 2.34. The Bertz CT molecular complexity index is 318. The highest BCUT2D eigenvalue weighted by Crippen LogP contribution is 2.04. The number of rotatable bonds is 6. The Morgan fingerprint density at radius 1 is 1.33 bits per heavy atom. The predicted octanol–water partition coefficient (Wildman–Crippen LogP) is 1.05. The normalized spacial score (nSPS) is 20.1. The van der Waals surface area contributed by atoms with Crippen LogP contribution in [-0.2, 0) is 6.42 Å². The summed E-state index contributed by atoms with van der Waals surface area (Å²) >= 11 is 0. The zero-order valence-corrected chi connectivity index (χ0v) is 11.6. The van der Waals surface area contributed by atoms with Gasteiger partial charge < -0.3 is 14.6 Å². The summed E-state index contributed by atoms with van der Waals surface area (Å²) in [6, 6.07) is 4.47. The lowest BCUT2D eigenvalue weighted by molar-refractivity contribution is 0.154. The zero-order chi connectivity index (χ0) is 12.8. The lowest BCUT2D eigenvalue weighted by Crippen LogP contribution is -2.47. The van der Waals surface area contributed by atoms with E-state index in [0.717, 1.165) is 25.3 Å². The molecule has 18 heavy (non-hydrogen) atoms. The van der Waals surface area contributed by atoms with E-state index in [1.54, 1.807) is 6.26 Å². The number of piperazine rings is 1. The van der Waals surface area contributed by atoms with E-state index < -0.39 is 0 Å². The fraction of sp³-hybridized carbons (Fsp3) is 0.714. The molecular weight excluding hydrogens is 226 g/mol. The molecule has 2 rings (SSSR count). The summed E-state index contributed by atoms with van der Waals surface area (Å²) in [5.74, 6) is 1.06. The number of hydrogen-bond donors (Lipinski definition) is 1. The van der Waals surface area contributed by atoms with Gasteiger partial charge in [0.05, 0.1) is 6.26 Å². The van der Waals surface area contributed by atoms with Crippen LogP contribution in [0.2, 0.25) is 0 Å². The highest BCUT2D eigenvalue weighted by Gasteiger charge is 2.13. The molecule has 1 atom stereocenters. The second kappa shape index (κ2) is 6.92. The summed E-state index contributed by atoms with van der Waals surface area (Å²) in [5.41, 5.74) is 0. The van der Waals surface area contributed by atoms with Crippen LogP contribution in [0.4, 0.5) is 0 Å². The van der Waals surface area contributed by atoms with E-state index in [0.29, 0.717) is 6.04 Å². The molecule has 4 heteroatoms. The standard InChI is InChI=1S/C14H25N3O/c1-13(12-14-4-3-11-18-14)15-5-6-17-9-7-16(2)8-10-17/h3-4,11,13,15H,5-10,12H2,1-2H3. The van der Waals surface area contributed by atoms with Crippen LogP contribution < -0.4 is 5.32 Å². The minimum absolute atomic E-state index is 0.476. The molecule has 0 bridgehead atoms. The molecule has 1 aliphatic heterocycles. The van der Waals surface area contributed by atoms with E-state index in [1.165, 1.54) is 26.2 Å². The first-order chi connectivity index (χ1) is 8.74. The van der Waals surface area contributed by atoms with Gasteiger partial charge in [-0.05, 0) is 26.1 Å². The molecule has 1 aromatic heterocycles. The number of hydrogen-bond acceptors (Lipinski definition) is 4. The Kier molecular flexibility index (Phi) is 5.23. The maximum absolute atomic E-state index is 5.36. The molecule has 0 radical (unpaired) electrons. The summed E-state index contributed by atoms with van der Waals surface area (Å²) in [4.78, 5) is 4.93. The average molecular weight is 251 g/mol. The van der Waals surface area contributed by atoms with Crippen molar-refractivity contribution in [1.82, 2.24) is 15.1 Å². The van der Waals surface area contributed by atoms with Gasteiger partial charge in [0.2, 0.25) is 0 Å². The first-order valence-electron chi connectivity index (χ1n) is 6.90. The molecule has 1 unspecified atom stereocenters. The van der Waals surface area contributed by atoms with Gasteiger partial charge >= 0.3 is 0 Å². The van der Waals surface area contributed by atoms with Gasteiger partial charge in [0.15, 0.2) is 0 Å². The molecule has 0 aliphatic carbocycles. The first-order valence-corrected chi connectivity index (χ1v) is 6.90. The van der Waals surface area contributed by atoms with Gasteiger partial charge in [0, 0.05) is 51.7 Å². The van der Waals surface area contributed by atoms with Gasteiger partial charge in [-0.25, -0.2) is 0 Å². The van der Waals surface area contributed by atoms with E-state index in [4.69, 9.17) is 4.42 Å². The van der Waals surface area contributed by atoms with Crippen molar-refractivity contribution in [3.63, 3.8) is 0 Å². The van der Waals surface area contributed by atoms with E-state index in [1.807, 2.05) is 12.1 Å². The Morgan fingerprint density at radius 2 is 2.11 bits per heavy atom. The lowest BCUT2D eigenvalue weighted by Gasteiger charge is -2.32. The van der Waals surface area contributed by atoms with Crippen LogP contribution in [0.5, 0.6) is 0 Å². The van der Waals surface area contributed by atoms with Crippen molar-refractivity contribution in [1.29, 1.82) is 0 Å². The van der Waals surface area contributed by atoms with Gasteiger partial charge in [-0.1, -0.05) is 0 Å². The van der Waals surface area contributed by atoms with Crippen LogP contribution in [0.25, 0.3) is 0 Å². The van der Waals surface area contributed by atoms with Crippen LogP contribution in [0.3, 0.4) is 0 Å². The third-order valence-electron chi connectivity index (χ3n) is 3.60. The molecule has 0 spiro atoms. The quantitative estimate of drug-likeness (QED) is 0.819. The maximum Gasteiger partial charge on any atom is 0.105 e. The van der Waals surface area contributed by atoms with Crippen molar-refractivity contribution >= 4 is 0 Å². The van der Waals surface area contributed by atoms with Crippen LogP contribution >= 0.6 is 0 Å². The monoisotopic (exact) mass is 251 g/mol. The Balaban J connectivity index is 1.57. The van der Waals surface area contributed by atoms with E-state index in [9.17, 15) is 0 Å². The molecule has 1 N–H and O–H groups in total. The van der Waals surface area contributed by atoms with E-state index in [-0.39, 0.29) is 0 Å². The van der Waals surface area contributed by atoms with Crippen molar-refractivity contribution < 1.29 is 4.42 Å². The largest absolute Gasteiger partial charge is 0.469 e. The second-order valence-electron chi connectivity index (χ2n) is 5.28. The molecular formula is C14H25N3O. The topological polar surface area (TPSA) is 31.7 Å². The predicted molar refractivity (Wildman–Crippen MR) is 73.8 cm³/mol. The van der Waals surface area contributed by atoms with Crippen LogP contribution in [0.1, 0.15) is 12.7 Å². The number of nitrogens with one attached hydrogen (secondary N) is 1. The van der Waals surface area contributed by atoms with Gasteiger partial charge in [0.25, 0.3) is 0 Å². The number of nitrogens with zero attached hydrogens (tertiary/aromatic N) is 2. The molecule has 2 heterocycles. The van der Waals surface area contributed by atoms with E-state index in [2.05, 4.69) is 29.1 Å². The highest BCUT2D eigenvalue weighted by molar-refractivity contribution is 4.99. The molecule has 1 fully saturated rings. The zero-order valence-electron chi connectivity index (χ0n) is 11.6. The maximum atomic E-state index is 5.36. The molecule has 1 aliphatic rings. The van der Waals surface area contributed by atoms with Gasteiger partial charge in [-0.3, -0.25) is 4.90 Å². The molecule has 102 valence electrons. The molecule has 1 saturated heterocycles. The summed E-state index contributed by atoms with van der Waals surface area (Å²) in [5, 5.41) is 3.56. The van der Waals surface area contributed by atoms with Crippen LogP contribution in [-0.4, -0.2) is 62.2 Å². The van der Waals surface area contributed by atoms with Crippen molar-refractivity contribution in [2.45, 2.75) is 19.4 Å². The third kappa shape index (κ3) is 4.44. The van der Waals surface area contributed by atoms with Crippen molar-refractivity contribution in [3.05, 3.63) is 24.2 Å². The van der Waals surface area contributed by atoms with E-state index >= 15 is 0 Å². The summed E-state index contributed by atoms with van der Waals surface area (Å²) < 4.78 is 5.36. The Hall–Kier alpha value is -0.840. The Labute approximate surface area is 110 Å². The highest BCUT2D eigenvalue weighted by atomic mass is 16.3. The smallest absolute Gasteiger partial charge is 0.105 e. The van der Waals surface area contributed by atoms with Gasteiger partial charge in [0.1, 0.15) is 5.76 Å². The van der Waals surface area contributed by atoms with Crippen molar-refractivity contribution in [2.75, 3.05) is 46.3 Å². The lowest BCUT2D eigenvalue weighted by atomic mass is 10.2. The number of likely N-dealkylation sites (N-methyl/N-ethyl adjacent to an activating group) is 1. The first kappa shape index (κ1) is 13.6. The Morgan fingerprint density at radius 3 is 2.78 bits per heavy atom. The third-order valence-corrected chi connectivity index (χ3v) is 3.60.